The van der Waals surface area contributed by atoms with Crippen molar-refractivity contribution in [3.8, 4) is 0 Å². The second-order valence-electron chi connectivity index (χ2n) is 4.79. The Bertz CT molecular complexity index is 215. The van der Waals surface area contributed by atoms with E-state index in [0.29, 0.717) is 12.5 Å². The van der Waals surface area contributed by atoms with Crippen molar-refractivity contribution in [1.29, 1.82) is 0 Å². The molecule has 0 fully saturated rings. The van der Waals surface area contributed by atoms with Crippen LogP contribution < -0.4 is 5.73 Å². The first kappa shape index (κ1) is 15.4. The van der Waals surface area contributed by atoms with Crippen LogP contribution in [0.1, 0.15) is 40.5 Å². The van der Waals surface area contributed by atoms with Gasteiger partial charge in [0.2, 0.25) is 0 Å². The molecule has 1 atom stereocenters. The van der Waals surface area contributed by atoms with Crippen molar-refractivity contribution in [3.63, 3.8) is 0 Å². The van der Waals surface area contributed by atoms with E-state index in [1.165, 1.54) is 7.11 Å². The van der Waals surface area contributed by atoms with Gasteiger partial charge in [-0.15, -0.1) is 0 Å². The Hall–Kier alpha value is -0.610. The monoisotopic (exact) mass is 230 g/mol. The number of carbonyl (C=O) groups is 1. The zero-order chi connectivity index (χ0) is 12.8. The summed E-state index contributed by atoms with van der Waals surface area (Å²) in [6.07, 6.45) is 1.73. The number of hydrogen-bond acceptors (Lipinski definition) is 4. The van der Waals surface area contributed by atoms with E-state index in [1.807, 2.05) is 0 Å². The zero-order valence-electron chi connectivity index (χ0n) is 11.2. The van der Waals surface area contributed by atoms with Crippen molar-refractivity contribution >= 4 is 5.97 Å². The molecule has 0 saturated carbocycles. The molecule has 0 rings (SSSR count). The molecule has 0 aromatic rings. The van der Waals surface area contributed by atoms with E-state index in [-0.39, 0.29) is 5.97 Å². The lowest BCUT2D eigenvalue weighted by molar-refractivity contribution is -0.146. The fraction of sp³-hybridized carbons (Fsp3) is 0.917. The molecular weight excluding hydrogens is 204 g/mol. The lowest BCUT2D eigenvalue weighted by Crippen LogP contribution is -2.48. The van der Waals surface area contributed by atoms with Crippen molar-refractivity contribution < 1.29 is 9.53 Å². The molecule has 2 N–H and O–H groups in total. The van der Waals surface area contributed by atoms with Gasteiger partial charge in [0.05, 0.1) is 7.11 Å². The van der Waals surface area contributed by atoms with Gasteiger partial charge in [-0.25, -0.2) is 0 Å². The van der Waals surface area contributed by atoms with Gasteiger partial charge < -0.3 is 15.4 Å². The molecule has 0 spiro atoms. The smallest absolute Gasteiger partial charge is 0.325 e. The molecule has 16 heavy (non-hydrogen) atoms. The predicted octanol–water partition coefficient (Wildman–Crippen LogP) is 1.39. The molecule has 4 nitrogen and oxygen atoms in total. The number of carbonyl (C=O) groups excluding carboxylic acids is 1. The molecule has 0 aliphatic rings. The van der Waals surface area contributed by atoms with E-state index >= 15 is 0 Å². The van der Waals surface area contributed by atoms with Gasteiger partial charge in [0.15, 0.2) is 0 Å². The third-order valence-corrected chi connectivity index (χ3v) is 2.81. The highest BCUT2D eigenvalue weighted by Crippen LogP contribution is 2.11. The molecule has 0 bridgehead atoms. The van der Waals surface area contributed by atoms with Gasteiger partial charge in [0.25, 0.3) is 0 Å². The maximum Gasteiger partial charge on any atom is 0.325 e. The van der Waals surface area contributed by atoms with Crippen LogP contribution in [0.4, 0.5) is 0 Å². The summed E-state index contributed by atoms with van der Waals surface area (Å²) in [4.78, 5) is 13.7. The van der Waals surface area contributed by atoms with Crippen LogP contribution in [0.2, 0.25) is 0 Å². The first-order valence-corrected chi connectivity index (χ1v) is 5.96. The van der Waals surface area contributed by atoms with Gasteiger partial charge in [0.1, 0.15) is 5.54 Å². The molecule has 96 valence electrons. The fourth-order valence-corrected chi connectivity index (χ4v) is 1.63. The lowest BCUT2D eigenvalue weighted by Gasteiger charge is -2.29. The van der Waals surface area contributed by atoms with Crippen LogP contribution in [0.25, 0.3) is 0 Å². The Kier molecular flexibility index (Phi) is 6.60. The molecule has 0 aromatic carbocycles. The normalized spacial score (nSPS) is 15.2. The Morgan fingerprint density at radius 3 is 2.38 bits per heavy atom. The summed E-state index contributed by atoms with van der Waals surface area (Å²) in [6, 6.07) is 0.480. The number of rotatable bonds is 7. The van der Waals surface area contributed by atoms with Crippen molar-refractivity contribution in [3.05, 3.63) is 0 Å². The van der Waals surface area contributed by atoms with Crippen molar-refractivity contribution in [1.82, 2.24) is 4.90 Å². The van der Waals surface area contributed by atoms with Crippen LogP contribution in [0.3, 0.4) is 0 Å². The predicted molar refractivity (Wildman–Crippen MR) is 66.2 cm³/mol. The standard InChI is InChI=1S/C12H26N2O2/c1-6-8-14(10(2)3)9-7-12(4,13)11(15)16-5/h10H,6-9,13H2,1-5H3. The fourth-order valence-electron chi connectivity index (χ4n) is 1.63. The van der Waals surface area contributed by atoms with E-state index in [1.54, 1.807) is 6.92 Å². The van der Waals surface area contributed by atoms with Crippen LogP contribution in [-0.2, 0) is 9.53 Å². The van der Waals surface area contributed by atoms with Gasteiger partial charge in [-0.3, -0.25) is 4.79 Å². The second kappa shape index (κ2) is 6.86. The maximum atomic E-state index is 11.4. The van der Waals surface area contributed by atoms with Crippen molar-refractivity contribution in [2.75, 3.05) is 20.2 Å². The number of nitrogens with zero attached hydrogens (tertiary/aromatic N) is 1. The maximum absolute atomic E-state index is 11.4. The number of nitrogens with two attached hydrogens (primary N) is 1. The SMILES string of the molecule is CCCN(CCC(C)(N)C(=O)OC)C(C)C. The van der Waals surface area contributed by atoms with Gasteiger partial charge >= 0.3 is 5.97 Å². The summed E-state index contributed by atoms with van der Waals surface area (Å²) >= 11 is 0. The molecule has 0 aromatic heterocycles. The lowest BCUT2D eigenvalue weighted by atomic mass is 9.99. The van der Waals surface area contributed by atoms with E-state index < -0.39 is 5.54 Å². The summed E-state index contributed by atoms with van der Waals surface area (Å²) < 4.78 is 4.69. The Labute approximate surface area is 99.1 Å². The van der Waals surface area contributed by atoms with Gasteiger partial charge in [0, 0.05) is 12.6 Å². The van der Waals surface area contributed by atoms with E-state index in [2.05, 4.69) is 30.4 Å². The molecule has 0 aliphatic heterocycles. The van der Waals surface area contributed by atoms with Crippen LogP contribution in [0, 0.1) is 0 Å². The van der Waals surface area contributed by atoms with Crippen LogP contribution >= 0.6 is 0 Å². The first-order valence-electron chi connectivity index (χ1n) is 5.96. The minimum atomic E-state index is -0.879. The first-order chi connectivity index (χ1) is 7.35. The average Bonchev–Trinajstić information content (AvgIpc) is 2.22. The molecule has 0 aliphatic carbocycles. The Morgan fingerprint density at radius 2 is 2.00 bits per heavy atom. The Morgan fingerprint density at radius 1 is 1.44 bits per heavy atom. The topological polar surface area (TPSA) is 55.6 Å². The van der Waals surface area contributed by atoms with Gasteiger partial charge in [-0.05, 0) is 40.2 Å². The highest BCUT2D eigenvalue weighted by molar-refractivity contribution is 5.79. The zero-order valence-corrected chi connectivity index (χ0v) is 11.2. The summed E-state index contributed by atoms with van der Waals surface area (Å²) in [7, 11) is 1.37. The minimum Gasteiger partial charge on any atom is -0.468 e. The summed E-state index contributed by atoms with van der Waals surface area (Å²) in [6.45, 7) is 10.0. The molecule has 4 heteroatoms. The van der Waals surface area contributed by atoms with E-state index in [0.717, 1.165) is 19.5 Å². The van der Waals surface area contributed by atoms with E-state index in [4.69, 9.17) is 5.73 Å². The molecule has 1 unspecified atom stereocenters. The quantitative estimate of drug-likeness (QED) is 0.671. The molecule has 0 saturated heterocycles. The summed E-state index contributed by atoms with van der Waals surface area (Å²) in [5.74, 6) is -0.340. The molecule has 0 amide bonds. The van der Waals surface area contributed by atoms with Crippen LogP contribution in [0.15, 0.2) is 0 Å². The number of hydrogen-bond donors (Lipinski definition) is 1. The highest BCUT2D eigenvalue weighted by atomic mass is 16.5. The van der Waals surface area contributed by atoms with Gasteiger partial charge in [-0.2, -0.15) is 0 Å². The highest BCUT2D eigenvalue weighted by Gasteiger charge is 2.29. The molecule has 0 heterocycles. The second-order valence-corrected chi connectivity index (χ2v) is 4.79. The third kappa shape index (κ3) is 4.94. The largest absolute Gasteiger partial charge is 0.468 e. The molecular formula is C12H26N2O2. The molecule has 0 radical (unpaired) electrons. The van der Waals surface area contributed by atoms with Gasteiger partial charge in [-0.1, -0.05) is 6.92 Å². The van der Waals surface area contributed by atoms with Crippen LogP contribution in [-0.4, -0.2) is 42.6 Å². The minimum absolute atomic E-state index is 0.340. The van der Waals surface area contributed by atoms with E-state index in [9.17, 15) is 4.79 Å². The van der Waals surface area contributed by atoms with Crippen LogP contribution in [0.5, 0.6) is 0 Å². The Balaban J connectivity index is 4.23. The number of ether oxygens (including phenoxy) is 1. The average molecular weight is 230 g/mol. The summed E-state index contributed by atoms with van der Waals surface area (Å²) in [5.41, 5.74) is 5.03. The third-order valence-electron chi connectivity index (χ3n) is 2.81. The number of methoxy groups -OCH3 is 1. The summed E-state index contributed by atoms with van der Waals surface area (Å²) in [5, 5.41) is 0. The van der Waals surface area contributed by atoms with Crippen molar-refractivity contribution in [2.45, 2.75) is 52.1 Å². The van der Waals surface area contributed by atoms with Crippen molar-refractivity contribution in [2.24, 2.45) is 5.73 Å². The number of esters is 1.